The highest BCUT2D eigenvalue weighted by molar-refractivity contribution is 7.91. The van der Waals surface area contributed by atoms with Gasteiger partial charge in [0.25, 0.3) is 0 Å². The van der Waals surface area contributed by atoms with Crippen molar-refractivity contribution < 1.29 is 21.9 Å². The first-order valence-electron chi connectivity index (χ1n) is 6.53. The maximum Gasteiger partial charge on any atom is 0.240 e. The Labute approximate surface area is 126 Å². The highest BCUT2D eigenvalue weighted by Crippen LogP contribution is 2.20. The Kier molecular flexibility index (Phi) is 5.92. The Morgan fingerprint density at radius 3 is 2.38 bits per heavy atom. The predicted octanol–water partition coefficient (Wildman–Crippen LogP) is 0.841. The molecule has 0 radical (unpaired) electrons. The van der Waals surface area contributed by atoms with Gasteiger partial charge in [-0.15, -0.1) is 0 Å². The topological polar surface area (TPSA) is 101 Å². The zero-order chi connectivity index (χ0) is 16.3. The number of sulfone groups is 1. The summed E-state index contributed by atoms with van der Waals surface area (Å²) in [5, 5.41) is 9.76. The SMILES string of the molecule is CCC(O)c1cccc(S(=O)(=O)NC(C)CS(C)(=O)=O)c1. The van der Waals surface area contributed by atoms with Gasteiger partial charge in [-0.2, -0.15) is 0 Å². The van der Waals surface area contributed by atoms with Crippen molar-refractivity contribution in [1.82, 2.24) is 4.72 Å². The van der Waals surface area contributed by atoms with Crippen molar-refractivity contribution in [3.8, 4) is 0 Å². The van der Waals surface area contributed by atoms with Crippen molar-refractivity contribution in [2.45, 2.75) is 37.3 Å². The molecular weight excluding hydrogens is 314 g/mol. The fraction of sp³-hybridized carbons (Fsp3) is 0.538. The highest BCUT2D eigenvalue weighted by Gasteiger charge is 2.20. The number of rotatable bonds is 7. The third-order valence-electron chi connectivity index (χ3n) is 2.85. The van der Waals surface area contributed by atoms with Crippen LogP contribution in [0.5, 0.6) is 0 Å². The van der Waals surface area contributed by atoms with E-state index in [1.165, 1.54) is 19.1 Å². The van der Waals surface area contributed by atoms with Crippen molar-refractivity contribution in [2.24, 2.45) is 0 Å². The average Bonchev–Trinajstić information content (AvgIpc) is 2.35. The molecule has 0 bridgehead atoms. The molecule has 0 spiro atoms. The molecule has 1 aromatic rings. The van der Waals surface area contributed by atoms with Crippen LogP contribution in [0.3, 0.4) is 0 Å². The molecule has 1 rings (SSSR count). The standard InChI is InChI=1S/C13H21NO5S2/c1-4-13(15)11-6-5-7-12(8-11)21(18,19)14-10(2)9-20(3,16)17/h5-8,10,13-15H,4,9H2,1-3H3. The van der Waals surface area contributed by atoms with Crippen molar-refractivity contribution in [3.63, 3.8) is 0 Å². The molecule has 8 heteroatoms. The lowest BCUT2D eigenvalue weighted by molar-refractivity contribution is 0.173. The monoisotopic (exact) mass is 335 g/mol. The Bertz CT molecular complexity index is 682. The van der Waals surface area contributed by atoms with E-state index < -0.39 is 32.0 Å². The molecule has 21 heavy (non-hydrogen) atoms. The van der Waals surface area contributed by atoms with E-state index >= 15 is 0 Å². The van der Waals surface area contributed by atoms with Gasteiger partial charge in [0.1, 0.15) is 9.84 Å². The van der Waals surface area contributed by atoms with Crippen molar-refractivity contribution in [2.75, 3.05) is 12.0 Å². The van der Waals surface area contributed by atoms with Gasteiger partial charge in [0.15, 0.2) is 0 Å². The van der Waals surface area contributed by atoms with E-state index in [0.717, 1.165) is 6.26 Å². The summed E-state index contributed by atoms with van der Waals surface area (Å²) < 4.78 is 49.1. The summed E-state index contributed by atoms with van der Waals surface area (Å²) in [6.07, 6.45) is 0.797. The largest absolute Gasteiger partial charge is 0.388 e. The van der Waals surface area contributed by atoms with Crippen molar-refractivity contribution in [3.05, 3.63) is 29.8 Å². The van der Waals surface area contributed by atoms with Crippen LogP contribution in [0.25, 0.3) is 0 Å². The molecule has 0 heterocycles. The van der Waals surface area contributed by atoms with Gasteiger partial charge < -0.3 is 5.11 Å². The van der Waals surface area contributed by atoms with Crippen LogP contribution in [-0.2, 0) is 19.9 Å². The molecule has 0 amide bonds. The van der Waals surface area contributed by atoms with Gasteiger partial charge in [0.05, 0.1) is 16.8 Å². The first-order valence-corrected chi connectivity index (χ1v) is 10.1. The van der Waals surface area contributed by atoms with E-state index in [-0.39, 0.29) is 10.6 Å². The Morgan fingerprint density at radius 2 is 1.86 bits per heavy atom. The van der Waals surface area contributed by atoms with Gasteiger partial charge in [-0.25, -0.2) is 21.6 Å². The number of sulfonamides is 1. The number of aliphatic hydroxyl groups is 1. The quantitative estimate of drug-likeness (QED) is 0.769. The summed E-state index contributed by atoms with van der Waals surface area (Å²) in [6.45, 7) is 3.28. The molecule has 0 aliphatic rings. The van der Waals surface area contributed by atoms with Crippen LogP contribution in [0.2, 0.25) is 0 Å². The molecule has 6 nitrogen and oxygen atoms in total. The van der Waals surface area contributed by atoms with Crippen LogP contribution in [0, 0.1) is 0 Å². The second-order valence-electron chi connectivity index (χ2n) is 5.11. The molecule has 2 atom stereocenters. The normalized spacial score (nSPS) is 15.6. The number of hydrogen-bond acceptors (Lipinski definition) is 5. The molecule has 0 fully saturated rings. The maximum atomic E-state index is 12.2. The van der Waals surface area contributed by atoms with Crippen LogP contribution >= 0.6 is 0 Å². The van der Waals surface area contributed by atoms with Gasteiger partial charge in [0.2, 0.25) is 10.0 Å². The summed E-state index contributed by atoms with van der Waals surface area (Å²) in [5.74, 6) is -0.274. The Balaban J connectivity index is 2.98. The van der Waals surface area contributed by atoms with Crippen LogP contribution in [0.1, 0.15) is 31.9 Å². The lowest BCUT2D eigenvalue weighted by Crippen LogP contribution is -2.37. The van der Waals surface area contributed by atoms with E-state index in [1.54, 1.807) is 19.1 Å². The first-order chi connectivity index (χ1) is 9.55. The highest BCUT2D eigenvalue weighted by atomic mass is 32.2. The third-order valence-corrected chi connectivity index (χ3v) is 5.54. The Morgan fingerprint density at radius 1 is 1.24 bits per heavy atom. The van der Waals surface area contributed by atoms with Crippen molar-refractivity contribution >= 4 is 19.9 Å². The van der Waals surface area contributed by atoms with E-state index in [9.17, 15) is 21.9 Å². The smallest absolute Gasteiger partial charge is 0.240 e. The second-order valence-corrected chi connectivity index (χ2v) is 9.01. The Hall–Kier alpha value is -0.960. The molecule has 120 valence electrons. The minimum atomic E-state index is -3.82. The van der Waals surface area contributed by atoms with Crippen molar-refractivity contribution in [1.29, 1.82) is 0 Å². The molecule has 2 unspecified atom stereocenters. The van der Waals surface area contributed by atoms with Gasteiger partial charge in [-0.05, 0) is 31.0 Å². The minimum absolute atomic E-state index is 0.00727. The summed E-state index contributed by atoms with van der Waals surface area (Å²) in [4.78, 5) is 0.00727. The lowest BCUT2D eigenvalue weighted by atomic mass is 10.1. The summed E-state index contributed by atoms with van der Waals surface area (Å²) in [7, 11) is -7.09. The average molecular weight is 335 g/mol. The molecule has 0 aliphatic carbocycles. The molecule has 0 aromatic heterocycles. The van der Waals surface area contributed by atoms with E-state index in [1.807, 2.05) is 0 Å². The molecule has 0 saturated heterocycles. The number of aliphatic hydroxyl groups excluding tert-OH is 1. The molecule has 2 N–H and O–H groups in total. The van der Waals surface area contributed by atoms with Crippen LogP contribution < -0.4 is 4.72 Å². The number of hydrogen-bond donors (Lipinski definition) is 2. The van der Waals surface area contributed by atoms with Crippen LogP contribution in [-0.4, -0.2) is 40.0 Å². The van der Waals surface area contributed by atoms with E-state index in [0.29, 0.717) is 12.0 Å². The fourth-order valence-electron chi connectivity index (χ4n) is 1.95. The number of benzene rings is 1. The predicted molar refractivity (Wildman–Crippen MR) is 81.2 cm³/mol. The first kappa shape index (κ1) is 18.1. The molecule has 0 saturated carbocycles. The van der Waals surface area contributed by atoms with Crippen LogP contribution in [0.4, 0.5) is 0 Å². The number of nitrogens with one attached hydrogen (secondary N) is 1. The minimum Gasteiger partial charge on any atom is -0.388 e. The third kappa shape index (κ3) is 5.74. The summed E-state index contributed by atoms with van der Waals surface area (Å²) >= 11 is 0. The van der Waals surface area contributed by atoms with Gasteiger partial charge in [-0.3, -0.25) is 0 Å². The lowest BCUT2D eigenvalue weighted by Gasteiger charge is -2.15. The van der Waals surface area contributed by atoms with Gasteiger partial charge in [0, 0.05) is 12.3 Å². The maximum absolute atomic E-state index is 12.2. The zero-order valence-electron chi connectivity index (χ0n) is 12.3. The molecule has 1 aromatic carbocycles. The van der Waals surface area contributed by atoms with Gasteiger partial charge in [-0.1, -0.05) is 19.1 Å². The summed E-state index contributed by atoms with van der Waals surface area (Å²) in [5.41, 5.74) is 0.510. The van der Waals surface area contributed by atoms with Crippen LogP contribution in [0.15, 0.2) is 29.2 Å². The van der Waals surface area contributed by atoms with Gasteiger partial charge >= 0.3 is 0 Å². The van der Waals surface area contributed by atoms with E-state index in [4.69, 9.17) is 0 Å². The molecular formula is C13H21NO5S2. The second kappa shape index (κ2) is 6.87. The molecule has 0 aliphatic heterocycles. The zero-order valence-corrected chi connectivity index (χ0v) is 13.9. The summed E-state index contributed by atoms with van der Waals surface area (Å²) in [6, 6.07) is 5.26. The fourth-order valence-corrected chi connectivity index (χ4v) is 4.34. The van der Waals surface area contributed by atoms with E-state index in [2.05, 4.69) is 4.72 Å².